The minimum atomic E-state index is 0.587. The minimum Gasteiger partial charge on any atom is -0.493 e. The zero-order valence-corrected chi connectivity index (χ0v) is 15.0. The molecule has 0 aliphatic carbocycles. The Hall–Kier alpha value is -2.27. The van der Waals surface area contributed by atoms with Crippen LogP contribution >= 0.6 is 12.2 Å². The first-order valence-corrected chi connectivity index (χ1v) is 8.53. The van der Waals surface area contributed by atoms with E-state index in [-0.39, 0.29) is 0 Å². The van der Waals surface area contributed by atoms with Crippen molar-refractivity contribution >= 4 is 23.0 Å². The van der Waals surface area contributed by atoms with E-state index in [1.54, 1.807) is 7.11 Å². The summed E-state index contributed by atoms with van der Waals surface area (Å²) in [5.41, 5.74) is 2.04. The molecule has 0 amide bonds. The third-order valence-corrected chi connectivity index (χ3v) is 3.71. The molecule has 2 rings (SSSR count). The van der Waals surface area contributed by atoms with Crippen LogP contribution in [-0.2, 0) is 6.54 Å². The van der Waals surface area contributed by atoms with Crippen molar-refractivity contribution in [3.8, 4) is 11.5 Å². The molecule has 0 fully saturated rings. The molecule has 0 saturated heterocycles. The van der Waals surface area contributed by atoms with Crippen molar-refractivity contribution < 1.29 is 9.47 Å². The number of thiocarbonyl (C=S) groups is 1. The summed E-state index contributed by atoms with van der Waals surface area (Å²) in [4.78, 5) is 0. The molecule has 128 valence electrons. The Kier molecular flexibility index (Phi) is 7.36. The van der Waals surface area contributed by atoms with Crippen molar-refractivity contribution in [1.82, 2.24) is 5.32 Å². The van der Waals surface area contributed by atoms with E-state index in [1.165, 1.54) is 0 Å². The van der Waals surface area contributed by atoms with Crippen molar-refractivity contribution in [3.63, 3.8) is 0 Å². The van der Waals surface area contributed by atoms with Gasteiger partial charge in [-0.1, -0.05) is 37.6 Å². The van der Waals surface area contributed by atoms with E-state index in [1.807, 2.05) is 48.5 Å². The van der Waals surface area contributed by atoms with E-state index >= 15 is 0 Å². The van der Waals surface area contributed by atoms with Crippen LogP contribution in [0.1, 0.15) is 25.3 Å². The Balaban J connectivity index is 1.89. The van der Waals surface area contributed by atoms with Gasteiger partial charge in [0.05, 0.1) is 13.7 Å². The molecule has 0 unspecified atom stereocenters. The van der Waals surface area contributed by atoms with Gasteiger partial charge in [-0.05, 0) is 48.5 Å². The average Bonchev–Trinajstić information content (AvgIpc) is 2.61. The topological polar surface area (TPSA) is 42.5 Å². The molecule has 0 aliphatic heterocycles. The number of hydrogen-bond donors (Lipinski definition) is 2. The first-order chi connectivity index (χ1) is 11.7. The lowest BCUT2D eigenvalue weighted by Crippen LogP contribution is -2.27. The number of methoxy groups -OCH3 is 1. The number of rotatable bonds is 8. The molecule has 0 saturated carbocycles. The monoisotopic (exact) mass is 344 g/mol. The van der Waals surface area contributed by atoms with E-state index in [0.717, 1.165) is 35.6 Å². The van der Waals surface area contributed by atoms with Gasteiger partial charge in [-0.15, -0.1) is 0 Å². The fourth-order valence-corrected chi connectivity index (χ4v) is 2.34. The number of unbranched alkanes of at least 4 members (excludes halogenated alkanes) is 1. The molecule has 0 bridgehead atoms. The smallest absolute Gasteiger partial charge is 0.171 e. The number of ether oxygens (including phenoxy) is 2. The number of nitrogens with one attached hydrogen (secondary N) is 2. The van der Waals surface area contributed by atoms with Crippen LogP contribution < -0.4 is 20.1 Å². The van der Waals surface area contributed by atoms with E-state index in [2.05, 4.69) is 17.6 Å². The second-order valence-corrected chi connectivity index (χ2v) is 5.77. The lowest BCUT2D eigenvalue weighted by atomic mass is 10.2. The average molecular weight is 344 g/mol. The van der Waals surface area contributed by atoms with Gasteiger partial charge in [0.25, 0.3) is 0 Å². The van der Waals surface area contributed by atoms with Crippen LogP contribution in [0.15, 0.2) is 48.5 Å². The maximum Gasteiger partial charge on any atom is 0.171 e. The molecule has 0 aromatic heterocycles. The fraction of sp³-hybridized carbons (Fsp3) is 0.316. The minimum absolute atomic E-state index is 0.587. The molecule has 2 aromatic rings. The molecule has 2 aromatic carbocycles. The summed E-state index contributed by atoms with van der Waals surface area (Å²) >= 11 is 5.31. The Morgan fingerprint density at radius 2 is 1.88 bits per heavy atom. The van der Waals surface area contributed by atoms with E-state index in [4.69, 9.17) is 21.7 Å². The van der Waals surface area contributed by atoms with Crippen molar-refractivity contribution in [1.29, 1.82) is 0 Å². The summed E-state index contributed by atoms with van der Waals surface area (Å²) in [6.45, 7) is 3.46. The standard InChI is InChI=1S/C19H24N2O2S/c1-3-4-12-23-17-11-10-15(13-18(17)22-2)14-20-19(24)21-16-8-6-5-7-9-16/h5-11,13H,3-4,12,14H2,1-2H3,(H2,20,21,24). The van der Waals surface area contributed by atoms with Gasteiger partial charge < -0.3 is 20.1 Å². The second kappa shape index (κ2) is 9.78. The Morgan fingerprint density at radius 1 is 1.08 bits per heavy atom. The van der Waals surface area contributed by atoms with Crippen molar-refractivity contribution in [3.05, 3.63) is 54.1 Å². The normalized spacial score (nSPS) is 10.1. The van der Waals surface area contributed by atoms with E-state index in [0.29, 0.717) is 18.3 Å². The first kappa shape index (κ1) is 18.1. The molecule has 2 N–H and O–H groups in total. The molecule has 24 heavy (non-hydrogen) atoms. The van der Waals surface area contributed by atoms with Crippen molar-refractivity contribution in [2.45, 2.75) is 26.3 Å². The maximum absolute atomic E-state index is 5.74. The van der Waals surface area contributed by atoms with Crippen LogP contribution in [0, 0.1) is 0 Å². The van der Waals surface area contributed by atoms with Crippen LogP contribution in [0.3, 0.4) is 0 Å². The summed E-state index contributed by atoms with van der Waals surface area (Å²) in [7, 11) is 1.65. The fourth-order valence-electron chi connectivity index (χ4n) is 2.15. The summed E-state index contributed by atoms with van der Waals surface area (Å²) < 4.78 is 11.2. The van der Waals surface area contributed by atoms with Gasteiger partial charge in [-0.25, -0.2) is 0 Å². The number of anilines is 1. The molecule has 0 radical (unpaired) electrons. The van der Waals surface area contributed by atoms with Crippen LogP contribution in [-0.4, -0.2) is 18.8 Å². The van der Waals surface area contributed by atoms with Crippen LogP contribution in [0.2, 0.25) is 0 Å². The summed E-state index contributed by atoms with van der Waals surface area (Å²) in [6, 6.07) is 15.8. The highest BCUT2D eigenvalue weighted by Gasteiger charge is 2.06. The highest BCUT2D eigenvalue weighted by Crippen LogP contribution is 2.28. The lowest BCUT2D eigenvalue weighted by Gasteiger charge is -2.14. The van der Waals surface area contributed by atoms with Gasteiger partial charge in [0.15, 0.2) is 16.6 Å². The number of para-hydroxylation sites is 1. The molecule has 0 spiro atoms. The predicted octanol–water partition coefficient (Wildman–Crippen LogP) is 4.36. The summed E-state index contributed by atoms with van der Waals surface area (Å²) in [5, 5.41) is 6.93. The van der Waals surface area contributed by atoms with Crippen molar-refractivity contribution in [2.75, 3.05) is 19.0 Å². The number of hydrogen-bond acceptors (Lipinski definition) is 3. The van der Waals surface area contributed by atoms with Gasteiger partial charge in [-0.2, -0.15) is 0 Å². The van der Waals surface area contributed by atoms with Gasteiger partial charge in [-0.3, -0.25) is 0 Å². The van der Waals surface area contributed by atoms with E-state index < -0.39 is 0 Å². The highest BCUT2D eigenvalue weighted by molar-refractivity contribution is 7.80. The zero-order chi connectivity index (χ0) is 17.2. The Labute approximate surface area is 149 Å². The quantitative estimate of drug-likeness (QED) is 0.550. The highest BCUT2D eigenvalue weighted by atomic mass is 32.1. The molecule has 0 aliphatic rings. The molecular weight excluding hydrogens is 320 g/mol. The molecule has 4 nitrogen and oxygen atoms in total. The predicted molar refractivity (Wildman–Crippen MR) is 103 cm³/mol. The first-order valence-electron chi connectivity index (χ1n) is 8.12. The molecule has 0 atom stereocenters. The number of benzene rings is 2. The molecule has 0 heterocycles. The molecule has 5 heteroatoms. The van der Waals surface area contributed by atoms with Gasteiger partial charge in [0.2, 0.25) is 0 Å². The lowest BCUT2D eigenvalue weighted by molar-refractivity contribution is 0.288. The van der Waals surface area contributed by atoms with E-state index in [9.17, 15) is 0 Å². The summed E-state index contributed by atoms with van der Waals surface area (Å²) in [5.74, 6) is 1.52. The van der Waals surface area contributed by atoms with Crippen LogP contribution in [0.5, 0.6) is 11.5 Å². The largest absolute Gasteiger partial charge is 0.493 e. The third-order valence-electron chi connectivity index (χ3n) is 3.47. The third kappa shape index (κ3) is 5.74. The van der Waals surface area contributed by atoms with Crippen LogP contribution in [0.25, 0.3) is 0 Å². The Morgan fingerprint density at radius 3 is 2.58 bits per heavy atom. The summed E-state index contributed by atoms with van der Waals surface area (Å²) in [6.07, 6.45) is 2.14. The van der Waals surface area contributed by atoms with Gasteiger partial charge >= 0.3 is 0 Å². The SMILES string of the molecule is CCCCOc1ccc(CNC(=S)Nc2ccccc2)cc1OC. The van der Waals surface area contributed by atoms with Crippen LogP contribution in [0.4, 0.5) is 5.69 Å². The van der Waals surface area contributed by atoms with Gasteiger partial charge in [0, 0.05) is 12.2 Å². The van der Waals surface area contributed by atoms with Crippen molar-refractivity contribution in [2.24, 2.45) is 0 Å². The maximum atomic E-state index is 5.74. The second-order valence-electron chi connectivity index (χ2n) is 5.36. The Bertz CT molecular complexity index is 647. The zero-order valence-electron chi connectivity index (χ0n) is 14.2. The van der Waals surface area contributed by atoms with Gasteiger partial charge in [0.1, 0.15) is 0 Å². The molecular formula is C19H24N2O2S.